The van der Waals surface area contributed by atoms with Crippen LogP contribution < -0.4 is 5.32 Å². The van der Waals surface area contributed by atoms with Crippen LogP contribution >= 0.6 is 11.8 Å². The molecule has 0 fully saturated rings. The molecule has 26 heavy (non-hydrogen) atoms. The van der Waals surface area contributed by atoms with Crippen LogP contribution in [-0.2, 0) is 4.79 Å². The van der Waals surface area contributed by atoms with Crippen LogP contribution in [0.4, 0.5) is 15.8 Å². The third-order valence-electron chi connectivity index (χ3n) is 3.09. The van der Waals surface area contributed by atoms with E-state index in [9.17, 15) is 19.3 Å². The van der Waals surface area contributed by atoms with Crippen LogP contribution in [0.5, 0.6) is 0 Å². The van der Waals surface area contributed by atoms with Gasteiger partial charge in [-0.25, -0.2) is 0 Å². The van der Waals surface area contributed by atoms with E-state index in [-0.39, 0.29) is 16.7 Å². The number of carbonyl (C=O) groups is 1. The number of nitro groups is 1. The second-order valence-corrected chi connectivity index (χ2v) is 5.80. The van der Waals surface area contributed by atoms with Gasteiger partial charge in [-0.1, -0.05) is 11.8 Å². The number of benzene rings is 1. The maximum atomic E-state index is 13.3. The summed E-state index contributed by atoms with van der Waals surface area (Å²) in [4.78, 5) is 25.7. The molecule has 1 aromatic carbocycles. The third kappa shape index (κ3) is 4.19. The number of nitrogens with one attached hydrogen (secondary N) is 1. The maximum absolute atomic E-state index is 13.3. The van der Waals surface area contributed by atoms with E-state index in [0.717, 1.165) is 23.9 Å². The summed E-state index contributed by atoms with van der Waals surface area (Å²) in [6, 6.07) is 6.51. The molecule has 0 aliphatic carbocycles. The highest BCUT2D eigenvalue weighted by molar-refractivity contribution is 7.99. The topological polar surface area (TPSA) is 124 Å². The Bertz CT molecular complexity index is 950. The predicted octanol–water partition coefficient (Wildman–Crippen LogP) is 2.91. The number of amides is 1. The smallest absolute Gasteiger partial charge is 0.306 e. The number of thioether (sulfide) groups is 1. The molecule has 0 aliphatic rings. The van der Waals surface area contributed by atoms with Crippen LogP contribution in [0.25, 0.3) is 11.5 Å². The molecule has 2 aromatic heterocycles. The highest BCUT2D eigenvalue weighted by atomic mass is 32.2. The Kier molecular flexibility index (Phi) is 5.17. The Balaban J connectivity index is 1.59. The van der Waals surface area contributed by atoms with Gasteiger partial charge in [-0.2, -0.15) is 4.39 Å². The average Bonchev–Trinajstić information content (AvgIpc) is 3.11. The third-order valence-corrected chi connectivity index (χ3v) is 3.91. The van der Waals surface area contributed by atoms with Crippen molar-refractivity contribution in [3.63, 3.8) is 0 Å². The van der Waals surface area contributed by atoms with Crippen LogP contribution in [0.15, 0.2) is 52.4 Å². The molecule has 0 radical (unpaired) electrons. The summed E-state index contributed by atoms with van der Waals surface area (Å²) in [7, 11) is 0. The van der Waals surface area contributed by atoms with Gasteiger partial charge in [-0.15, -0.1) is 10.2 Å². The van der Waals surface area contributed by atoms with Gasteiger partial charge in [0.15, 0.2) is 0 Å². The predicted molar refractivity (Wildman–Crippen MR) is 89.9 cm³/mol. The minimum absolute atomic E-state index is 0.0663. The molecule has 1 N–H and O–H groups in total. The van der Waals surface area contributed by atoms with Crippen molar-refractivity contribution in [2.45, 2.75) is 5.22 Å². The fourth-order valence-electron chi connectivity index (χ4n) is 1.93. The lowest BCUT2D eigenvalue weighted by molar-refractivity contribution is -0.387. The van der Waals surface area contributed by atoms with Gasteiger partial charge in [0, 0.05) is 29.7 Å². The van der Waals surface area contributed by atoms with Crippen molar-refractivity contribution >= 4 is 29.0 Å². The molecule has 3 aromatic rings. The van der Waals surface area contributed by atoms with E-state index in [1.165, 1.54) is 6.07 Å². The number of aromatic nitrogens is 3. The molecule has 1 amide bonds. The van der Waals surface area contributed by atoms with Crippen molar-refractivity contribution in [3.8, 4) is 11.5 Å². The number of carbonyl (C=O) groups excluding carboxylic acids is 1. The number of rotatable bonds is 6. The van der Waals surface area contributed by atoms with E-state index >= 15 is 0 Å². The number of hydrogen-bond donors (Lipinski definition) is 1. The van der Waals surface area contributed by atoms with Crippen molar-refractivity contribution in [3.05, 3.63) is 58.7 Å². The maximum Gasteiger partial charge on any atom is 0.306 e. The first kappa shape index (κ1) is 17.5. The van der Waals surface area contributed by atoms with Crippen molar-refractivity contribution in [2.24, 2.45) is 0 Å². The van der Waals surface area contributed by atoms with E-state index in [1.54, 1.807) is 24.5 Å². The monoisotopic (exact) mass is 375 g/mol. The minimum atomic E-state index is -0.975. The Labute approximate surface area is 149 Å². The first-order valence-electron chi connectivity index (χ1n) is 7.13. The van der Waals surface area contributed by atoms with Gasteiger partial charge >= 0.3 is 5.69 Å². The highest BCUT2D eigenvalue weighted by Crippen LogP contribution is 2.24. The summed E-state index contributed by atoms with van der Waals surface area (Å²) in [6.45, 7) is 0. The van der Waals surface area contributed by atoms with E-state index < -0.39 is 22.3 Å². The Morgan fingerprint density at radius 2 is 2.04 bits per heavy atom. The Hall–Kier alpha value is -3.34. The van der Waals surface area contributed by atoms with E-state index in [4.69, 9.17) is 4.42 Å². The van der Waals surface area contributed by atoms with Crippen LogP contribution in [-0.4, -0.2) is 31.8 Å². The number of pyridine rings is 1. The molecule has 2 heterocycles. The molecule has 11 heteroatoms. The van der Waals surface area contributed by atoms with Gasteiger partial charge in [0.1, 0.15) is 0 Å². The van der Waals surface area contributed by atoms with Gasteiger partial charge in [-0.05, 0) is 24.3 Å². The summed E-state index contributed by atoms with van der Waals surface area (Å²) in [5.74, 6) is -1.20. The zero-order valence-corrected chi connectivity index (χ0v) is 13.8. The molecular weight excluding hydrogens is 365 g/mol. The minimum Gasteiger partial charge on any atom is -0.411 e. The molecular formula is C15H10FN5O4S. The normalized spacial score (nSPS) is 10.5. The molecule has 9 nitrogen and oxygen atoms in total. The SMILES string of the molecule is O=C(CSc1nnc(-c2ccncc2)o1)Nc1ccc(F)c([N+](=O)[O-])c1. The summed E-state index contributed by atoms with van der Waals surface area (Å²) in [5, 5.41) is 21.0. The largest absolute Gasteiger partial charge is 0.411 e. The second-order valence-electron chi connectivity index (χ2n) is 4.87. The van der Waals surface area contributed by atoms with Gasteiger partial charge < -0.3 is 9.73 Å². The summed E-state index contributed by atoms with van der Waals surface area (Å²) < 4.78 is 18.7. The highest BCUT2D eigenvalue weighted by Gasteiger charge is 2.16. The zero-order chi connectivity index (χ0) is 18.5. The lowest BCUT2D eigenvalue weighted by Crippen LogP contribution is -2.14. The number of nitrogens with zero attached hydrogens (tertiary/aromatic N) is 4. The molecule has 0 unspecified atom stereocenters. The molecule has 3 rings (SSSR count). The van der Waals surface area contributed by atoms with Gasteiger partial charge in [0.05, 0.1) is 10.7 Å². The standard InChI is InChI=1S/C15H10FN5O4S/c16-11-2-1-10(7-12(11)21(23)24)18-13(22)8-26-15-20-19-14(25-15)9-3-5-17-6-4-9/h1-7H,8H2,(H,18,22). The van der Waals surface area contributed by atoms with E-state index in [2.05, 4.69) is 20.5 Å². The van der Waals surface area contributed by atoms with Crippen molar-refractivity contribution in [1.29, 1.82) is 0 Å². The number of hydrogen-bond acceptors (Lipinski definition) is 8. The lowest BCUT2D eigenvalue weighted by Gasteiger charge is -2.04. The fraction of sp³-hybridized carbons (Fsp3) is 0.0667. The van der Waals surface area contributed by atoms with Gasteiger partial charge in [0.25, 0.3) is 5.22 Å². The van der Waals surface area contributed by atoms with Crippen molar-refractivity contribution < 1.29 is 18.5 Å². The molecule has 132 valence electrons. The molecule has 0 saturated carbocycles. The molecule has 0 aliphatic heterocycles. The first-order chi connectivity index (χ1) is 12.5. The lowest BCUT2D eigenvalue weighted by atomic mass is 10.2. The molecule has 0 bridgehead atoms. The summed E-state index contributed by atoms with van der Waals surface area (Å²) >= 11 is 1.00. The molecule has 0 spiro atoms. The number of halogens is 1. The van der Waals surface area contributed by atoms with E-state index in [0.29, 0.717) is 11.5 Å². The average molecular weight is 375 g/mol. The Morgan fingerprint density at radius 1 is 1.27 bits per heavy atom. The number of anilines is 1. The quantitative estimate of drug-likeness (QED) is 0.396. The van der Waals surface area contributed by atoms with Gasteiger partial charge in [-0.3, -0.25) is 19.9 Å². The summed E-state index contributed by atoms with van der Waals surface area (Å²) in [6.07, 6.45) is 3.17. The van der Waals surface area contributed by atoms with E-state index in [1.807, 2.05) is 0 Å². The Morgan fingerprint density at radius 3 is 2.77 bits per heavy atom. The van der Waals surface area contributed by atoms with Crippen LogP contribution in [0.1, 0.15) is 0 Å². The van der Waals surface area contributed by atoms with Gasteiger partial charge in [0.2, 0.25) is 17.6 Å². The fourth-order valence-corrected chi connectivity index (χ4v) is 2.50. The molecule has 0 saturated heterocycles. The van der Waals surface area contributed by atoms with Crippen LogP contribution in [0, 0.1) is 15.9 Å². The van der Waals surface area contributed by atoms with Crippen LogP contribution in [0.2, 0.25) is 0 Å². The molecule has 0 atom stereocenters. The summed E-state index contributed by atoms with van der Waals surface area (Å²) in [5.41, 5.74) is 0.100. The first-order valence-corrected chi connectivity index (χ1v) is 8.12. The van der Waals surface area contributed by atoms with Crippen molar-refractivity contribution in [1.82, 2.24) is 15.2 Å². The zero-order valence-electron chi connectivity index (χ0n) is 13.0. The van der Waals surface area contributed by atoms with Crippen molar-refractivity contribution in [2.75, 3.05) is 11.1 Å². The second kappa shape index (κ2) is 7.70. The number of nitro benzene ring substituents is 1. The van der Waals surface area contributed by atoms with Crippen LogP contribution in [0.3, 0.4) is 0 Å².